The van der Waals surface area contributed by atoms with E-state index in [1.165, 1.54) is 13.2 Å². The number of nitrogens with one attached hydrogen (secondary N) is 1. The number of carbonyl (C=O) groups is 2. The number of amides is 1. The van der Waals surface area contributed by atoms with E-state index in [1.807, 2.05) is 0 Å². The number of rotatable bonds is 4. The molecule has 0 aliphatic carbocycles. The number of methoxy groups -OCH3 is 1. The van der Waals surface area contributed by atoms with Gasteiger partial charge in [0.2, 0.25) is 0 Å². The number of carbonyl (C=O) groups excluding carboxylic acids is 2. The first kappa shape index (κ1) is 12.2. The van der Waals surface area contributed by atoms with Gasteiger partial charge in [0.05, 0.1) is 19.3 Å². The lowest BCUT2D eigenvalue weighted by atomic mass is 10.1. The first-order chi connectivity index (χ1) is 7.69. The summed E-state index contributed by atoms with van der Waals surface area (Å²) in [4.78, 5) is 22.7. The predicted molar refractivity (Wildman–Crippen MR) is 57.2 cm³/mol. The Labute approximate surface area is 93.0 Å². The Kier molecular flexibility index (Phi) is 4.47. The lowest BCUT2D eigenvalue weighted by molar-refractivity contribution is 0.0600. The highest BCUT2D eigenvalue weighted by molar-refractivity contribution is 5.97. The van der Waals surface area contributed by atoms with E-state index in [-0.39, 0.29) is 19.1 Å². The van der Waals surface area contributed by atoms with Crippen molar-refractivity contribution in [2.24, 2.45) is 0 Å². The van der Waals surface area contributed by atoms with Crippen LogP contribution in [0.15, 0.2) is 24.3 Å². The van der Waals surface area contributed by atoms with Gasteiger partial charge >= 0.3 is 5.97 Å². The van der Waals surface area contributed by atoms with Gasteiger partial charge < -0.3 is 15.2 Å². The number of esters is 1. The van der Waals surface area contributed by atoms with Crippen molar-refractivity contribution >= 4 is 11.9 Å². The van der Waals surface area contributed by atoms with Gasteiger partial charge in [-0.15, -0.1) is 0 Å². The van der Waals surface area contributed by atoms with Gasteiger partial charge in [0.15, 0.2) is 0 Å². The summed E-state index contributed by atoms with van der Waals surface area (Å²) in [5.74, 6) is -0.823. The van der Waals surface area contributed by atoms with E-state index in [0.717, 1.165) is 0 Å². The minimum atomic E-state index is -0.489. The van der Waals surface area contributed by atoms with Crippen LogP contribution in [0, 0.1) is 0 Å². The zero-order valence-electron chi connectivity index (χ0n) is 8.90. The average Bonchev–Trinajstić information content (AvgIpc) is 2.35. The first-order valence-electron chi connectivity index (χ1n) is 4.76. The van der Waals surface area contributed by atoms with Gasteiger partial charge in [0.25, 0.3) is 5.91 Å². The van der Waals surface area contributed by atoms with Crippen molar-refractivity contribution in [3.8, 4) is 0 Å². The van der Waals surface area contributed by atoms with Crippen LogP contribution >= 0.6 is 0 Å². The number of aliphatic hydroxyl groups excluding tert-OH is 1. The van der Waals surface area contributed by atoms with E-state index in [9.17, 15) is 9.59 Å². The van der Waals surface area contributed by atoms with Crippen LogP contribution in [0.3, 0.4) is 0 Å². The van der Waals surface area contributed by atoms with E-state index >= 15 is 0 Å². The fourth-order valence-electron chi connectivity index (χ4n) is 1.18. The minimum Gasteiger partial charge on any atom is -0.465 e. The molecule has 0 fully saturated rings. The Morgan fingerprint density at radius 1 is 1.38 bits per heavy atom. The molecule has 0 saturated heterocycles. The smallest absolute Gasteiger partial charge is 0.337 e. The molecule has 0 spiro atoms. The zero-order valence-corrected chi connectivity index (χ0v) is 8.90. The third-order valence-electron chi connectivity index (χ3n) is 1.94. The van der Waals surface area contributed by atoms with Crippen molar-refractivity contribution in [1.82, 2.24) is 5.32 Å². The molecule has 0 bridgehead atoms. The number of hydrogen-bond donors (Lipinski definition) is 2. The van der Waals surface area contributed by atoms with Gasteiger partial charge in [-0.25, -0.2) is 4.79 Å². The van der Waals surface area contributed by atoms with Gasteiger partial charge in [-0.2, -0.15) is 0 Å². The normalized spacial score (nSPS) is 9.62. The molecule has 0 unspecified atom stereocenters. The van der Waals surface area contributed by atoms with Crippen molar-refractivity contribution in [2.45, 2.75) is 0 Å². The van der Waals surface area contributed by atoms with Gasteiger partial charge in [0.1, 0.15) is 0 Å². The van der Waals surface area contributed by atoms with Crippen LogP contribution in [-0.2, 0) is 4.74 Å². The molecule has 0 saturated carbocycles. The molecule has 0 aliphatic rings. The van der Waals surface area contributed by atoms with Crippen LogP contribution in [0.25, 0.3) is 0 Å². The maximum Gasteiger partial charge on any atom is 0.337 e. The van der Waals surface area contributed by atoms with E-state index in [0.29, 0.717) is 11.1 Å². The average molecular weight is 223 g/mol. The van der Waals surface area contributed by atoms with Crippen LogP contribution < -0.4 is 5.32 Å². The summed E-state index contributed by atoms with van der Waals surface area (Å²) in [6.07, 6.45) is 0. The summed E-state index contributed by atoms with van der Waals surface area (Å²) in [6.45, 7) is 0.0592. The molecular formula is C11H13NO4. The topological polar surface area (TPSA) is 75.6 Å². The van der Waals surface area contributed by atoms with Gasteiger partial charge in [-0.1, -0.05) is 6.07 Å². The Balaban J connectivity index is 2.81. The molecule has 0 atom stereocenters. The molecule has 2 N–H and O–H groups in total. The summed E-state index contributed by atoms with van der Waals surface area (Å²) >= 11 is 0. The third-order valence-corrected chi connectivity index (χ3v) is 1.94. The van der Waals surface area contributed by atoms with Crippen LogP contribution in [0.5, 0.6) is 0 Å². The second kappa shape index (κ2) is 5.87. The summed E-state index contributed by atoms with van der Waals surface area (Å²) in [7, 11) is 1.28. The Hall–Kier alpha value is -1.88. The van der Waals surface area contributed by atoms with Crippen molar-refractivity contribution in [1.29, 1.82) is 0 Å². The predicted octanol–water partition coefficient (Wildman–Crippen LogP) is 0.195. The molecule has 0 aliphatic heterocycles. The summed E-state index contributed by atoms with van der Waals surface area (Å²) in [5, 5.41) is 11.0. The van der Waals surface area contributed by atoms with Crippen molar-refractivity contribution in [3.05, 3.63) is 35.4 Å². The maximum atomic E-state index is 11.5. The Morgan fingerprint density at radius 2 is 2.06 bits per heavy atom. The lowest BCUT2D eigenvalue weighted by Gasteiger charge is -2.04. The van der Waals surface area contributed by atoms with Crippen LogP contribution in [-0.4, -0.2) is 37.2 Å². The molecular weight excluding hydrogens is 210 g/mol. The highest BCUT2D eigenvalue weighted by Gasteiger charge is 2.09. The zero-order chi connectivity index (χ0) is 12.0. The highest BCUT2D eigenvalue weighted by atomic mass is 16.5. The molecule has 5 heteroatoms. The second-order valence-corrected chi connectivity index (χ2v) is 3.05. The Morgan fingerprint density at radius 3 is 2.69 bits per heavy atom. The SMILES string of the molecule is COC(=O)c1cccc(C(=O)NCCO)c1. The van der Waals surface area contributed by atoms with Crippen molar-refractivity contribution in [3.63, 3.8) is 0 Å². The summed E-state index contributed by atoms with van der Waals surface area (Å²) in [6, 6.07) is 6.19. The monoisotopic (exact) mass is 223 g/mol. The number of aliphatic hydroxyl groups is 1. The first-order valence-corrected chi connectivity index (χ1v) is 4.76. The molecule has 1 aromatic carbocycles. The van der Waals surface area contributed by atoms with Crippen molar-refractivity contribution < 1.29 is 19.4 Å². The van der Waals surface area contributed by atoms with Crippen LogP contribution in [0.2, 0.25) is 0 Å². The molecule has 1 aromatic rings. The van der Waals surface area contributed by atoms with E-state index < -0.39 is 5.97 Å². The molecule has 86 valence electrons. The van der Waals surface area contributed by atoms with Crippen molar-refractivity contribution in [2.75, 3.05) is 20.3 Å². The fourth-order valence-corrected chi connectivity index (χ4v) is 1.18. The third kappa shape index (κ3) is 3.06. The van der Waals surface area contributed by atoms with Crippen LogP contribution in [0.1, 0.15) is 20.7 Å². The number of hydrogen-bond acceptors (Lipinski definition) is 4. The standard InChI is InChI=1S/C11H13NO4/c1-16-11(15)9-4-2-3-8(7-9)10(14)12-5-6-13/h2-4,7,13H,5-6H2,1H3,(H,12,14). The summed E-state index contributed by atoms with van der Waals surface area (Å²) < 4.78 is 4.54. The molecule has 5 nitrogen and oxygen atoms in total. The van der Waals surface area contributed by atoms with Gasteiger partial charge in [-0.3, -0.25) is 4.79 Å². The van der Waals surface area contributed by atoms with E-state index in [1.54, 1.807) is 18.2 Å². The van der Waals surface area contributed by atoms with E-state index in [2.05, 4.69) is 10.1 Å². The maximum absolute atomic E-state index is 11.5. The molecule has 0 aromatic heterocycles. The summed E-state index contributed by atoms with van der Waals surface area (Å²) in [5.41, 5.74) is 0.676. The largest absolute Gasteiger partial charge is 0.465 e. The van der Waals surface area contributed by atoms with Gasteiger partial charge in [0, 0.05) is 12.1 Å². The quantitative estimate of drug-likeness (QED) is 0.715. The fraction of sp³-hybridized carbons (Fsp3) is 0.273. The molecule has 1 amide bonds. The molecule has 16 heavy (non-hydrogen) atoms. The second-order valence-electron chi connectivity index (χ2n) is 3.05. The highest BCUT2D eigenvalue weighted by Crippen LogP contribution is 2.06. The number of ether oxygens (including phenoxy) is 1. The molecule has 1 rings (SSSR count). The van der Waals surface area contributed by atoms with E-state index in [4.69, 9.17) is 5.11 Å². The number of benzene rings is 1. The Bertz CT molecular complexity index is 389. The van der Waals surface area contributed by atoms with Crippen LogP contribution in [0.4, 0.5) is 0 Å². The minimum absolute atomic E-state index is 0.123. The van der Waals surface area contributed by atoms with Gasteiger partial charge in [-0.05, 0) is 18.2 Å². The lowest BCUT2D eigenvalue weighted by Crippen LogP contribution is -2.26. The molecule has 0 radical (unpaired) electrons. The molecule has 0 heterocycles.